The van der Waals surface area contributed by atoms with Crippen LogP contribution in [0.15, 0.2) is 35.6 Å². The first-order chi connectivity index (χ1) is 7.75. The highest BCUT2D eigenvalue weighted by Crippen LogP contribution is 2.20. The van der Waals surface area contributed by atoms with E-state index in [1.165, 1.54) is 0 Å². The third-order valence-electron chi connectivity index (χ3n) is 2.45. The highest BCUT2D eigenvalue weighted by molar-refractivity contribution is 6.21. The van der Waals surface area contributed by atoms with Gasteiger partial charge < -0.3 is 5.73 Å². The van der Waals surface area contributed by atoms with Crippen LogP contribution in [-0.4, -0.2) is 26.7 Å². The van der Waals surface area contributed by atoms with Crippen LogP contribution < -0.4 is 5.73 Å². The third-order valence-corrected chi connectivity index (χ3v) is 2.45. The lowest BCUT2D eigenvalue weighted by Gasteiger charge is -2.03. The van der Waals surface area contributed by atoms with Gasteiger partial charge in [-0.1, -0.05) is 5.21 Å². The summed E-state index contributed by atoms with van der Waals surface area (Å²) in [5.74, 6) is 0.583. The number of hydrogen-bond donors (Lipinski definition) is 2. The number of nitrogens with zero attached hydrogens (tertiary/aromatic N) is 4. The van der Waals surface area contributed by atoms with Crippen molar-refractivity contribution in [1.29, 1.82) is 5.41 Å². The van der Waals surface area contributed by atoms with Crippen LogP contribution in [0, 0.1) is 5.41 Å². The zero-order chi connectivity index (χ0) is 11.1. The first-order valence-electron chi connectivity index (χ1n) is 4.70. The van der Waals surface area contributed by atoms with Gasteiger partial charge in [0.25, 0.3) is 0 Å². The molecule has 0 saturated carbocycles. The van der Waals surface area contributed by atoms with E-state index >= 15 is 0 Å². The number of benzene rings is 1. The van der Waals surface area contributed by atoms with Crippen LogP contribution >= 0.6 is 0 Å². The maximum Gasteiger partial charge on any atom is 0.155 e. The average Bonchev–Trinajstić information content (AvgIpc) is 2.88. The fourth-order valence-electron chi connectivity index (χ4n) is 1.68. The van der Waals surface area contributed by atoms with E-state index in [1.54, 1.807) is 17.1 Å². The first-order valence-corrected chi connectivity index (χ1v) is 4.70. The zero-order valence-electron chi connectivity index (χ0n) is 8.25. The second-order valence-electron chi connectivity index (χ2n) is 3.42. The number of rotatable bonds is 1. The van der Waals surface area contributed by atoms with E-state index in [0.717, 1.165) is 16.8 Å². The molecule has 3 rings (SSSR count). The summed E-state index contributed by atoms with van der Waals surface area (Å²) in [6.45, 7) is 0. The molecule has 1 aliphatic heterocycles. The summed E-state index contributed by atoms with van der Waals surface area (Å²) in [5, 5.41) is 15.3. The molecule has 0 atom stereocenters. The Bertz CT molecular complexity index is 596. The van der Waals surface area contributed by atoms with Gasteiger partial charge in [0.15, 0.2) is 5.84 Å². The van der Waals surface area contributed by atoms with E-state index < -0.39 is 0 Å². The van der Waals surface area contributed by atoms with E-state index in [9.17, 15) is 0 Å². The molecule has 3 N–H and O–H groups in total. The Kier molecular flexibility index (Phi) is 1.64. The molecule has 0 radical (unpaired) electrons. The smallest absolute Gasteiger partial charge is 0.155 e. The summed E-state index contributed by atoms with van der Waals surface area (Å²) in [5.41, 5.74) is 8.05. The highest BCUT2D eigenvalue weighted by atomic mass is 15.4. The topological polar surface area (TPSA) is 92.9 Å². The van der Waals surface area contributed by atoms with Gasteiger partial charge in [-0.2, -0.15) is 0 Å². The van der Waals surface area contributed by atoms with Gasteiger partial charge >= 0.3 is 0 Å². The fraction of sp³-hybridized carbons (Fsp3) is 0. The molecule has 0 saturated heterocycles. The summed E-state index contributed by atoms with van der Waals surface area (Å²) in [6.07, 6.45) is 3.34. The minimum absolute atomic E-state index is 0.189. The Hall–Kier alpha value is -2.50. The average molecular weight is 212 g/mol. The lowest BCUT2D eigenvalue weighted by Crippen LogP contribution is -2.10. The van der Waals surface area contributed by atoms with Gasteiger partial charge in [0.1, 0.15) is 5.84 Å². The van der Waals surface area contributed by atoms with Crippen LogP contribution in [0.3, 0.4) is 0 Å². The van der Waals surface area contributed by atoms with Crippen molar-refractivity contribution >= 4 is 11.7 Å². The van der Waals surface area contributed by atoms with Crippen molar-refractivity contribution < 1.29 is 0 Å². The molecule has 1 aliphatic rings. The Balaban J connectivity index is 2.16. The summed E-state index contributed by atoms with van der Waals surface area (Å²) in [7, 11) is 0. The van der Waals surface area contributed by atoms with Crippen LogP contribution in [-0.2, 0) is 0 Å². The molecule has 78 valence electrons. The molecule has 6 nitrogen and oxygen atoms in total. The number of nitrogens with two attached hydrogens (primary N) is 1. The van der Waals surface area contributed by atoms with Crippen molar-refractivity contribution in [3.63, 3.8) is 0 Å². The van der Waals surface area contributed by atoms with Crippen LogP contribution in [0.4, 0.5) is 0 Å². The number of fused-ring (bicyclic) bond motifs is 1. The maximum atomic E-state index is 7.67. The SMILES string of the molecule is N=C1N=C(N)c2ccc(-n3ccnn3)cc21. The molecule has 2 heterocycles. The maximum absolute atomic E-state index is 7.67. The Morgan fingerprint density at radius 3 is 2.88 bits per heavy atom. The number of amidine groups is 2. The minimum Gasteiger partial charge on any atom is -0.383 e. The lowest BCUT2D eigenvalue weighted by atomic mass is 10.1. The number of hydrogen-bond acceptors (Lipinski definition) is 4. The summed E-state index contributed by atoms with van der Waals surface area (Å²) in [4.78, 5) is 3.91. The van der Waals surface area contributed by atoms with Gasteiger partial charge in [-0.05, 0) is 18.2 Å². The molecular weight excluding hydrogens is 204 g/mol. The molecule has 2 aromatic rings. The summed E-state index contributed by atoms with van der Waals surface area (Å²) in [6, 6.07) is 5.54. The third kappa shape index (κ3) is 1.13. The molecule has 6 heteroatoms. The predicted octanol–water partition coefficient (Wildman–Crippen LogP) is 0.312. The predicted molar refractivity (Wildman–Crippen MR) is 58.9 cm³/mol. The number of nitrogens with one attached hydrogen (secondary N) is 1. The summed E-state index contributed by atoms with van der Waals surface area (Å²) < 4.78 is 1.63. The standard InChI is InChI=1S/C10H8N6/c11-9-7-2-1-6(16-4-3-13-15-16)5-8(7)10(12)14-9/h1-5H,(H3,11,12,14). The molecule has 1 aromatic heterocycles. The molecule has 0 amide bonds. The molecular formula is C10H8N6. The van der Waals surface area contributed by atoms with Gasteiger partial charge in [-0.15, -0.1) is 5.10 Å². The molecule has 0 bridgehead atoms. The largest absolute Gasteiger partial charge is 0.383 e. The van der Waals surface area contributed by atoms with Gasteiger partial charge in [0.05, 0.1) is 18.1 Å². The quantitative estimate of drug-likeness (QED) is 0.712. The van der Waals surface area contributed by atoms with Crippen LogP contribution in [0.25, 0.3) is 5.69 Å². The summed E-state index contributed by atoms with van der Waals surface area (Å²) >= 11 is 0. The molecule has 0 spiro atoms. The molecule has 0 fully saturated rings. The molecule has 0 aliphatic carbocycles. The second kappa shape index (κ2) is 2.99. The van der Waals surface area contributed by atoms with Crippen LogP contribution in [0.5, 0.6) is 0 Å². The van der Waals surface area contributed by atoms with Crippen molar-refractivity contribution in [2.75, 3.05) is 0 Å². The van der Waals surface area contributed by atoms with Gasteiger partial charge in [-0.3, -0.25) is 5.41 Å². The number of aliphatic imine (C=N–C) groups is 1. The van der Waals surface area contributed by atoms with Crippen LogP contribution in [0.1, 0.15) is 11.1 Å². The fourth-order valence-corrected chi connectivity index (χ4v) is 1.68. The van der Waals surface area contributed by atoms with Crippen molar-refractivity contribution in [2.24, 2.45) is 10.7 Å². The van der Waals surface area contributed by atoms with Crippen molar-refractivity contribution in [1.82, 2.24) is 15.0 Å². The Morgan fingerprint density at radius 1 is 1.25 bits per heavy atom. The van der Waals surface area contributed by atoms with E-state index in [4.69, 9.17) is 11.1 Å². The van der Waals surface area contributed by atoms with E-state index in [2.05, 4.69) is 15.3 Å². The molecule has 1 aromatic carbocycles. The lowest BCUT2D eigenvalue weighted by molar-refractivity contribution is 0.803. The van der Waals surface area contributed by atoms with Gasteiger partial charge in [0.2, 0.25) is 0 Å². The Morgan fingerprint density at radius 2 is 2.12 bits per heavy atom. The van der Waals surface area contributed by atoms with Crippen molar-refractivity contribution in [3.8, 4) is 5.69 Å². The first kappa shape index (κ1) is 8.78. The van der Waals surface area contributed by atoms with Gasteiger partial charge in [-0.25, -0.2) is 9.67 Å². The normalized spacial score (nSPS) is 13.8. The van der Waals surface area contributed by atoms with Crippen LogP contribution in [0.2, 0.25) is 0 Å². The monoisotopic (exact) mass is 212 g/mol. The highest BCUT2D eigenvalue weighted by Gasteiger charge is 2.18. The number of aromatic nitrogens is 3. The molecule has 0 unspecified atom stereocenters. The van der Waals surface area contributed by atoms with Gasteiger partial charge in [0, 0.05) is 11.1 Å². The zero-order valence-corrected chi connectivity index (χ0v) is 8.25. The molecule has 16 heavy (non-hydrogen) atoms. The van der Waals surface area contributed by atoms with E-state index in [0.29, 0.717) is 5.84 Å². The van der Waals surface area contributed by atoms with Crippen molar-refractivity contribution in [3.05, 3.63) is 41.7 Å². The Labute approximate surface area is 90.9 Å². The van der Waals surface area contributed by atoms with Crippen molar-refractivity contribution in [2.45, 2.75) is 0 Å². The second-order valence-corrected chi connectivity index (χ2v) is 3.42. The minimum atomic E-state index is 0.189. The van der Waals surface area contributed by atoms with E-state index in [1.807, 2.05) is 18.2 Å². The van der Waals surface area contributed by atoms with E-state index in [-0.39, 0.29) is 5.84 Å².